The van der Waals surface area contributed by atoms with E-state index in [1.807, 2.05) is 0 Å². The SMILES string of the molecule is O=C(NCCNc1ccccc1[N+](=O)[O-])NNC(=O)c1ccccc1. The van der Waals surface area contributed by atoms with Gasteiger partial charge in [0.2, 0.25) is 0 Å². The van der Waals surface area contributed by atoms with Gasteiger partial charge in [-0.3, -0.25) is 20.3 Å². The molecule has 0 saturated heterocycles. The third-order valence-electron chi connectivity index (χ3n) is 3.15. The summed E-state index contributed by atoms with van der Waals surface area (Å²) in [6, 6.07) is 14.1. The Hall–Kier alpha value is -3.62. The largest absolute Gasteiger partial charge is 0.378 e. The van der Waals surface area contributed by atoms with Crippen molar-refractivity contribution in [2.75, 3.05) is 18.4 Å². The first-order valence-electron chi connectivity index (χ1n) is 7.44. The molecule has 0 radical (unpaired) electrons. The molecular formula is C16H17N5O4. The predicted octanol–water partition coefficient (Wildman–Crippen LogP) is 1.65. The average molecular weight is 343 g/mol. The highest BCUT2D eigenvalue weighted by molar-refractivity contribution is 5.95. The molecule has 0 fully saturated rings. The summed E-state index contributed by atoms with van der Waals surface area (Å²) in [6.45, 7) is 0.490. The zero-order valence-electron chi connectivity index (χ0n) is 13.2. The monoisotopic (exact) mass is 343 g/mol. The van der Waals surface area contributed by atoms with Gasteiger partial charge >= 0.3 is 6.03 Å². The molecule has 9 nitrogen and oxygen atoms in total. The molecule has 0 atom stereocenters. The molecule has 25 heavy (non-hydrogen) atoms. The van der Waals surface area contributed by atoms with Gasteiger partial charge in [0.15, 0.2) is 0 Å². The fraction of sp³-hybridized carbons (Fsp3) is 0.125. The highest BCUT2D eigenvalue weighted by Crippen LogP contribution is 2.22. The standard InChI is InChI=1S/C16H17N5O4/c22-15(12-6-2-1-3-7-12)19-20-16(23)18-11-10-17-13-8-4-5-9-14(13)21(24)25/h1-9,17H,10-11H2,(H,19,22)(H2,18,20,23). The van der Waals surface area contributed by atoms with E-state index in [0.29, 0.717) is 11.3 Å². The van der Waals surface area contributed by atoms with Crippen molar-refractivity contribution < 1.29 is 14.5 Å². The van der Waals surface area contributed by atoms with Crippen molar-refractivity contribution in [3.63, 3.8) is 0 Å². The number of benzene rings is 2. The van der Waals surface area contributed by atoms with E-state index in [4.69, 9.17) is 0 Å². The van der Waals surface area contributed by atoms with Gasteiger partial charge in [-0.05, 0) is 18.2 Å². The van der Waals surface area contributed by atoms with Crippen LogP contribution in [0, 0.1) is 10.1 Å². The van der Waals surface area contributed by atoms with E-state index in [-0.39, 0.29) is 18.8 Å². The molecular weight excluding hydrogens is 326 g/mol. The lowest BCUT2D eigenvalue weighted by molar-refractivity contribution is -0.384. The number of para-hydroxylation sites is 2. The van der Waals surface area contributed by atoms with Gasteiger partial charge in [0.1, 0.15) is 5.69 Å². The van der Waals surface area contributed by atoms with E-state index in [2.05, 4.69) is 21.5 Å². The van der Waals surface area contributed by atoms with Crippen LogP contribution >= 0.6 is 0 Å². The minimum atomic E-state index is -0.589. The van der Waals surface area contributed by atoms with Gasteiger partial charge in [0.05, 0.1) is 4.92 Å². The minimum absolute atomic E-state index is 0.0397. The van der Waals surface area contributed by atoms with Gasteiger partial charge < -0.3 is 10.6 Å². The van der Waals surface area contributed by atoms with Crippen molar-refractivity contribution in [3.8, 4) is 0 Å². The second kappa shape index (κ2) is 8.87. The average Bonchev–Trinajstić information content (AvgIpc) is 2.64. The summed E-state index contributed by atoms with van der Waals surface area (Å²) in [5.41, 5.74) is 5.24. The molecule has 0 aliphatic rings. The van der Waals surface area contributed by atoms with E-state index >= 15 is 0 Å². The Morgan fingerprint density at radius 1 is 0.920 bits per heavy atom. The summed E-state index contributed by atoms with van der Waals surface area (Å²) in [5.74, 6) is -0.436. The van der Waals surface area contributed by atoms with Crippen LogP contribution in [-0.2, 0) is 0 Å². The number of carbonyl (C=O) groups excluding carboxylic acids is 2. The summed E-state index contributed by atoms with van der Waals surface area (Å²) < 4.78 is 0. The third-order valence-corrected chi connectivity index (χ3v) is 3.15. The van der Waals surface area contributed by atoms with Gasteiger partial charge in [0.25, 0.3) is 11.6 Å². The molecule has 0 unspecified atom stereocenters. The van der Waals surface area contributed by atoms with E-state index in [1.54, 1.807) is 48.5 Å². The molecule has 0 aliphatic carbocycles. The van der Waals surface area contributed by atoms with Crippen LogP contribution in [0.3, 0.4) is 0 Å². The third kappa shape index (κ3) is 5.50. The lowest BCUT2D eigenvalue weighted by Crippen LogP contribution is -2.47. The fourth-order valence-electron chi connectivity index (χ4n) is 1.97. The van der Waals surface area contributed by atoms with Crippen LogP contribution < -0.4 is 21.5 Å². The Morgan fingerprint density at radius 2 is 1.60 bits per heavy atom. The maximum absolute atomic E-state index is 11.7. The van der Waals surface area contributed by atoms with Crippen molar-refractivity contribution in [1.82, 2.24) is 16.2 Å². The molecule has 2 aromatic rings. The van der Waals surface area contributed by atoms with Crippen LogP contribution in [-0.4, -0.2) is 30.0 Å². The zero-order chi connectivity index (χ0) is 18.1. The Labute approximate surface area is 143 Å². The predicted molar refractivity (Wildman–Crippen MR) is 92.0 cm³/mol. The van der Waals surface area contributed by atoms with E-state index < -0.39 is 16.9 Å². The summed E-state index contributed by atoms with van der Waals surface area (Å²) in [6.07, 6.45) is 0. The van der Waals surface area contributed by atoms with Crippen molar-refractivity contribution in [1.29, 1.82) is 0 Å². The summed E-state index contributed by atoms with van der Waals surface area (Å²) in [7, 11) is 0. The molecule has 0 spiro atoms. The lowest BCUT2D eigenvalue weighted by atomic mass is 10.2. The molecule has 9 heteroatoms. The highest BCUT2D eigenvalue weighted by Gasteiger charge is 2.11. The van der Waals surface area contributed by atoms with Gasteiger partial charge in [-0.25, -0.2) is 10.2 Å². The number of anilines is 1. The molecule has 0 bridgehead atoms. The molecule has 130 valence electrons. The molecule has 0 aliphatic heterocycles. The molecule has 2 rings (SSSR count). The summed E-state index contributed by atoms with van der Waals surface area (Å²) in [5, 5.41) is 16.3. The minimum Gasteiger partial charge on any atom is -0.378 e. The fourth-order valence-corrected chi connectivity index (χ4v) is 1.97. The van der Waals surface area contributed by atoms with Crippen molar-refractivity contribution in [2.45, 2.75) is 0 Å². The topological polar surface area (TPSA) is 125 Å². The second-order valence-corrected chi connectivity index (χ2v) is 4.90. The first kappa shape index (κ1) is 17.7. The lowest BCUT2D eigenvalue weighted by Gasteiger charge is -2.10. The second-order valence-electron chi connectivity index (χ2n) is 4.90. The van der Waals surface area contributed by atoms with Gasteiger partial charge in [-0.15, -0.1) is 0 Å². The van der Waals surface area contributed by atoms with Gasteiger partial charge in [0, 0.05) is 24.7 Å². The molecule has 0 aromatic heterocycles. The van der Waals surface area contributed by atoms with Crippen LogP contribution in [0.4, 0.5) is 16.2 Å². The van der Waals surface area contributed by atoms with E-state index in [9.17, 15) is 19.7 Å². The number of hydrogen-bond acceptors (Lipinski definition) is 5. The van der Waals surface area contributed by atoms with Crippen LogP contribution in [0.2, 0.25) is 0 Å². The Bertz CT molecular complexity index is 751. The molecule has 0 heterocycles. The quantitative estimate of drug-likeness (QED) is 0.360. The smallest absolute Gasteiger partial charge is 0.333 e. The Kier molecular flexibility index (Phi) is 6.29. The molecule has 3 amide bonds. The van der Waals surface area contributed by atoms with Gasteiger partial charge in [-0.1, -0.05) is 30.3 Å². The number of nitrogens with one attached hydrogen (secondary N) is 4. The number of carbonyl (C=O) groups is 2. The number of amides is 3. The number of hydrazine groups is 1. The number of urea groups is 1. The van der Waals surface area contributed by atoms with Gasteiger partial charge in [-0.2, -0.15) is 0 Å². The number of nitrogens with zero attached hydrogens (tertiary/aromatic N) is 1. The van der Waals surface area contributed by atoms with Crippen molar-refractivity contribution >= 4 is 23.3 Å². The normalized spacial score (nSPS) is 9.76. The molecule has 2 aromatic carbocycles. The maximum Gasteiger partial charge on any atom is 0.333 e. The van der Waals surface area contributed by atoms with E-state index in [0.717, 1.165) is 0 Å². The first-order valence-corrected chi connectivity index (χ1v) is 7.44. The van der Waals surface area contributed by atoms with Crippen molar-refractivity contribution in [2.24, 2.45) is 0 Å². The maximum atomic E-state index is 11.7. The summed E-state index contributed by atoms with van der Waals surface area (Å²) in [4.78, 5) is 33.7. The molecule has 4 N–H and O–H groups in total. The zero-order valence-corrected chi connectivity index (χ0v) is 13.2. The number of rotatable bonds is 6. The Balaban J connectivity index is 1.69. The number of nitro benzene ring substituents is 1. The summed E-state index contributed by atoms with van der Waals surface area (Å²) >= 11 is 0. The van der Waals surface area contributed by atoms with Crippen LogP contribution in [0.5, 0.6) is 0 Å². The van der Waals surface area contributed by atoms with Crippen LogP contribution in [0.25, 0.3) is 0 Å². The van der Waals surface area contributed by atoms with Crippen LogP contribution in [0.1, 0.15) is 10.4 Å². The first-order chi connectivity index (χ1) is 12.1. The Morgan fingerprint density at radius 3 is 2.32 bits per heavy atom. The van der Waals surface area contributed by atoms with E-state index in [1.165, 1.54) is 6.07 Å². The number of nitro groups is 1. The molecule has 0 saturated carbocycles. The highest BCUT2D eigenvalue weighted by atomic mass is 16.6. The van der Waals surface area contributed by atoms with Crippen LogP contribution in [0.15, 0.2) is 54.6 Å². The number of hydrogen-bond donors (Lipinski definition) is 4. The van der Waals surface area contributed by atoms with Crippen molar-refractivity contribution in [3.05, 3.63) is 70.3 Å².